The lowest BCUT2D eigenvalue weighted by atomic mass is 9.88. The van der Waals surface area contributed by atoms with Crippen LogP contribution in [0.2, 0.25) is 0 Å². The van der Waals surface area contributed by atoms with Crippen molar-refractivity contribution in [1.82, 2.24) is 14.8 Å². The molecule has 0 spiro atoms. The van der Waals surface area contributed by atoms with Gasteiger partial charge in [0, 0.05) is 12.5 Å². The van der Waals surface area contributed by atoms with E-state index >= 15 is 0 Å². The van der Waals surface area contributed by atoms with Crippen LogP contribution < -0.4 is 19.5 Å². The molecular weight excluding hydrogens is 450 g/mol. The second kappa shape index (κ2) is 9.63. The van der Waals surface area contributed by atoms with Gasteiger partial charge in [0.05, 0.1) is 12.0 Å². The second-order valence-electron chi connectivity index (χ2n) is 6.69. The number of ether oxygens (including phenoxy) is 1. The van der Waals surface area contributed by atoms with E-state index in [1.54, 1.807) is 36.4 Å². The van der Waals surface area contributed by atoms with Crippen LogP contribution in [0.3, 0.4) is 0 Å². The summed E-state index contributed by atoms with van der Waals surface area (Å²) in [7, 11) is -2.99. The first-order valence-corrected chi connectivity index (χ1v) is 12.1. The molecule has 0 fully saturated rings. The van der Waals surface area contributed by atoms with Crippen LogP contribution in [-0.4, -0.2) is 51.1 Å². The van der Waals surface area contributed by atoms with E-state index in [-0.39, 0.29) is 33.9 Å². The first kappa shape index (κ1) is 24.6. The van der Waals surface area contributed by atoms with Crippen LogP contribution >= 0.6 is 12.4 Å². The Kier molecular flexibility index (Phi) is 7.89. The topological polar surface area (TPSA) is 114 Å². The predicted octanol–water partition coefficient (Wildman–Crippen LogP) is 1.21. The summed E-state index contributed by atoms with van der Waals surface area (Å²) in [5.41, 5.74) is 2.81. The Morgan fingerprint density at radius 3 is 2.20 bits per heavy atom. The summed E-state index contributed by atoms with van der Waals surface area (Å²) >= 11 is 0. The van der Waals surface area contributed by atoms with Crippen molar-refractivity contribution in [2.75, 3.05) is 34.3 Å². The highest BCUT2D eigenvalue weighted by Gasteiger charge is 2.26. The Hall–Kier alpha value is -1.69. The van der Waals surface area contributed by atoms with Gasteiger partial charge in [0.15, 0.2) is 0 Å². The van der Waals surface area contributed by atoms with Crippen LogP contribution in [0.15, 0.2) is 46.2 Å². The zero-order chi connectivity index (χ0) is 21.2. The number of halogens is 1. The number of sulfonamides is 2. The Balaban J connectivity index is 0.00000320. The highest BCUT2D eigenvalue weighted by molar-refractivity contribution is 7.89. The highest BCUT2D eigenvalue weighted by atomic mass is 35.5. The Morgan fingerprint density at radius 2 is 1.63 bits per heavy atom. The number of hydrogen-bond donors (Lipinski definition) is 3. The van der Waals surface area contributed by atoms with Gasteiger partial charge < -0.3 is 10.1 Å². The number of fused-ring (bicyclic) bond motifs is 1. The summed E-state index contributed by atoms with van der Waals surface area (Å²) < 4.78 is 58.8. The first-order chi connectivity index (χ1) is 13.7. The van der Waals surface area contributed by atoms with E-state index < -0.39 is 20.0 Å². The van der Waals surface area contributed by atoms with Crippen molar-refractivity contribution in [2.24, 2.45) is 0 Å². The molecule has 0 saturated carbocycles. The largest absolute Gasteiger partial charge is 0.495 e. The molecule has 0 amide bonds. The van der Waals surface area contributed by atoms with Crippen molar-refractivity contribution in [3.8, 4) is 5.75 Å². The van der Waals surface area contributed by atoms with Crippen molar-refractivity contribution in [1.29, 1.82) is 0 Å². The summed E-state index contributed by atoms with van der Waals surface area (Å²) in [4.78, 5) is 0.302. The summed E-state index contributed by atoms with van der Waals surface area (Å²) in [6.45, 7) is 1.35. The summed E-state index contributed by atoms with van der Waals surface area (Å²) in [6, 6.07) is 10.2. The standard InChI is InChI=1S/C19H25N3O5S2.ClH/c1-20-28(23,24)15-6-4-13(5-7-15)17-12-22-9-8-14-10-19(29(25,26)21-2)18(27-3)11-16(14)17;/h4-7,10-11,17,20-22H,8-9,12H2,1-3H3;1H. The quantitative estimate of drug-likeness (QED) is 0.578. The molecule has 1 unspecified atom stereocenters. The molecule has 166 valence electrons. The Labute approximate surface area is 183 Å². The van der Waals surface area contributed by atoms with Gasteiger partial charge in [-0.25, -0.2) is 26.3 Å². The van der Waals surface area contributed by atoms with Crippen molar-refractivity contribution in [2.45, 2.75) is 22.1 Å². The minimum absolute atomic E-state index is 0. The molecule has 1 aliphatic heterocycles. The fourth-order valence-electron chi connectivity index (χ4n) is 3.51. The minimum atomic E-state index is -3.66. The lowest BCUT2D eigenvalue weighted by Gasteiger charge is -2.21. The molecule has 1 atom stereocenters. The molecule has 0 aliphatic carbocycles. The molecule has 30 heavy (non-hydrogen) atoms. The third-order valence-electron chi connectivity index (χ3n) is 5.14. The van der Waals surface area contributed by atoms with E-state index in [1.165, 1.54) is 21.2 Å². The summed E-state index contributed by atoms with van der Waals surface area (Å²) in [6.07, 6.45) is 0.675. The van der Waals surface area contributed by atoms with Crippen LogP contribution in [0.5, 0.6) is 5.75 Å². The molecule has 0 aromatic heterocycles. The SMILES string of the molecule is CNS(=O)(=O)c1ccc(C2CNCCc3cc(S(=O)(=O)NC)c(OC)cc32)cc1.Cl. The van der Waals surface area contributed by atoms with E-state index in [1.807, 2.05) is 0 Å². The zero-order valence-electron chi connectivity index (χ0n) is 16.9. The van der Waals surface area contributed by atoms with Crippen LogP contribution in [0.25, 0.3) is 0 Å². The molecule has 8 nitrogen and oxygen atoms in total. The lowest BCUT2D eigenvalue weighted by Crippen LogP contribution is -2.21. The van der Waals surface area contributed by atoms with Crippen LogP contribution in [0.4, 0.5) is 0 Å². The monoisotopic (exact) mass is 475 g/mol. The molecule has 3 rings (SSSR count). The highest BCUT2D eigenvalue weighted by Crippen LogP contribution is 2.36. The molecule has 1 heterocycles. The number of hydrogen-bond acceptors (Lipinski definition) is 6. The van der Waals surface area contributed by atoms with E-state index in [9.17, 15) is 16.8 Å². The minimum Gasteiger partial charge on any atom is -0.495 e. The maximum Gasteiger partial charge on any atom is 0.244 e. The van der Waals surface area contributed by atoms with Gasteiger partial charge in [-0.1, -0.05) is 12.1 Å². The van der Waals surface area contributed by atoms with Crippen molar-refractivity contribution in [3.05, 3.63) is 53.1 Å². The fraction of sp³-hybridized carbons (Fsp3) is 0.368. The fourth-order valence-corrected chi connectivity index (χ4v) is 5.17. The van der Waals surface area contributed by atoms with Crippen molar-refractivity contribution < 1.29 is 21.6 Å². The van der Waals surface area contributed by atoms with Crippen LogP contribution in [0.1, 0.15) is 22.6 Å². The maximum absolute atomic E-state index is 12.4. The third kappa shape index (κ3) is 4.79. The summed E-state index contributed by atoms with van der Waals surface area (Å²) in [5.74, 6) is 0.207. The molecule has 0 saturated heterocycles. The number of methoxy groups -OCH3 is 1. The third-order valence-corrected chi connectivity index (χ3v) is 8.01. The molecule has 1 aliphatic rings. The van der Waals surface area contributed by atoms with Gasteiger partial charge in [-0.05, 0) is 68.0 Å². The molecule has 2 aromatic carbocycles. The van der Waals surface area contributed by atoms with E-state index in [0.717, 1.165) is 16.7 Å². The van der Waals surface area contributed by atoms with Gasteiger partial charge in [-0.15, -0.1) is 12.4 Å². The van der Waals surface area contributed by atoms with Gasteiger partial charge in [0.2, 0.25) is 20.0 Å². The van der Waals surface area contributed by atoms with Crippen LogP contribution in [-0.2, 0) is 26.5 Å². The number of nitrogens with one attached hydrogen (secondary N) is 3. The smallest absolute Gasteiger partial charge is 0.244 e. The first-order valence-electron chi connectivity index (χ1n) is 9.12. The van der Waals surface area contributed by atoms with Gasteiger partial charge in [0.1, 0.15) is 10.6 Å². The van der Waals surface area contributed by atoms with E-state index in [0.29, 0.717) is 19.5 Å². The Bertz CT molecular complexity index is 1100. The molecule has 0 radical (unpaired) electrons. The molecular formula is C19H26ClN3O5S2. The van der Waals surface area contributed by atoms with Crippen molar-refractivity contribution >= 4 is 32.5 Å². The normalized spacial score (nSPS) is 16.8. The van der Waals surface area contributed by atoms with Gasteiger partial charge in [-0.3, -0.25) is 0 Å². The average molecular weight is 476 g/mol. The second-order valence-corrected chi connectivity index (χ2v) is 10.4. The summed E-state index contributed by atoms with van der Waals surface area (Å²) in [5, 5.41) is 3.37. The number of benzene rings is 2. The average Bonchev–Trinajstić information content (AvgIpc) is 2.94. The molecule has 0 bridgehead atoms. The van der Waals surface area contributed by atoms with Crippen molar-refractivity contribution in [3.63, 3.8) is 0 Å². The lowest BCUT2D eigenvalue weighted by molar-refractivity contribution is 0.401. The maximum atomic E-state index is 12.4. The van der Waals surface area contributed by atoms with E-state index in [2.05, 4.69) is 14.8 Å². The van der Waals surface area contributed by atoms with Crippen LogP contribution in [0, 0.1) is 0 Å². The predicted molar refractivity (Wildman–Crippen MR) is 118 cm³/mol. The van der Waals surface area contributed by atoms with Gasteiger partial charge >= 0.3 is 0 Å². The van der Waals surface area contributed by atoms with Gasteiger partial charge in [-0.2, -0.15) is 0 Å². The van der Waals surface area contributed by atoms with Gasteiger partial charge in [0.25, 0.3) is 0 Å². The Morgan fingerprint density at radius 1 is 1.00 bits per heavy atom. The zero-order valence-corrected chi connectivity index (χ0v) is 19.4. The number of rotatable bonds is 6. The molecule has 2 aromatic rings. The molecule has 11 heteroatoms. The molecule has 3 N–H and O–H groups in total. The van der Waals surface area contributed by atoms with E-state index in [4.69, 9.17) is 4.74 Å².